The predicted octanol–water partition coefficient (Wildman–Crippen LogP) is 29.9. The SMILES string of the molecule is c1ccc(-c2ccccc2-c2nnc(-c3ccc(-c4ccccc4-c4ccccc4-c4ccc5c(c4)c4ccccc4n5-c4ccccc4)cc3)n2-c2ccccc2)cc1.c1ccc(-n2c(-c3ccc(-c4ccccc4-c4ccccc4-c4ccc5c(c4)c4ccccc4n5-c4ccccc4)cc3)nnc2-c2ccc(-c3cccc4ccccc34)cc2)cc1. The molecule has 0 amide bonds. The molecule has 0 spiro atoms. The fourth-order valence-corrected chi connectivity index (χ4v) is 18.2. The van der Waals surface area contributed by atoms with E-state index in [0.717, 1.165) is 90.6 Å². The summed E-state index contributed by atoms with van der Waals surface area (Å²) in [6, 6.07) is 168. The van der Waals surface area contributed by atoms with Gasteiger partial charge in [0.15, 0.2) is 23.3 Å². The molecule has 8 nitrogen and oxygen atoms in total. The highest BCUT2D eigenvalue weighted by Gasteiger charge is 2.25. The third-order valence-corrected chi connectivity index (χ3v) is 24.0. The van der Waals surface area contributed by atoms with E-state index in [0.29, 0.717) is 0 Å². The Kier molecular flexibility index (Phi) is 19.1. The average molecular weight is 1580 g/mol. The van der Waals surface area contributed by atoms with Gasteiger partial charge in [-0.05, 0) is 185 Å². The average Bonchev–Trinajstić information content (AvgIpc) is 1.60. The minimum Gasteiger partial charge on any atom is -0.309 e. The molecule has 582 valence electrons. The summed E-state index contributed by atoms with van der Waals surface area (Å²) in [4.78, 5) is 0. The van der Waals surface area contributed by atoms with Gasteiger partial charge in [-0.25, -0.2) is 0 Å². The van der Waals surface area contributed by atoms with Gasteiger partial charge < -0.3 is 9.13 Å². The molecule has 0 saturated heterocycles. The van der Waals surface area contributed by atoms with Gasteiger partial charge in [0.05, 0.1) is 22.1 Å². The number of aromatic nitrogens is 8. The largest absolute Gasteiger partial charge is 0.309 e. The second-order valence-electron chi connectivity index (χ2n) is 31.2. The van der Waals surface area contributed by atoms with Crippen molar-refractivity contribution < 1.29 is 0 Å². The number of nitrogens with zero attached hydrogens (tertiary/aromatic N) is 8. The zero-order valence-electron chi connectivity index (χ0n) is 67.6. The zero-order chi connectivity index (χ0) is 82.2. The van der Waals surface area contributed by atoms with E-state index in [2.05, 4.69) is 473 Å². The number of para-hydroxylation sites is 6. The molecule has 19 aromatic carbocycles. The lowest BCUT2D eigenvalue weighted by atomic mass is 9.89. The molecule has 23 rings (SSSR count). The Morgan fingerprint density at radius 2 is 0.371 bits per heavy atom. The van der Waals surface area contributed by atoms with Crippen molar-refractivity contribution in [1.29, 1.82) is 0 Å². The van der Waals surface area contributed by atoms with E-state index in [-0.39, 0.29) is 0 Å². The second-order valence-corrected chi connectivity index (χ2v) is 31.2. The summed E-state index contributed by atoms with van der Waals surface area (Å²) in [5.41, 5.74) is 31.8. The van der Waals surface area contributed by atoms with E-state index in [4.69, 9.17) is 20.4 Å². The molecule has 0 atom stereocenters. The van der Waals surface area contributed by atoms with Crippen molar-refractivity contribution in [2.45, 2.75) is 0 Å². The minimum absolute atomic E-state index is 0.785. The first-order valence-corrected chi connectivity index (χ1v) is 42.1. The van der Waals surface area contributed by atoms with E-state index >= 15 is 0 Å². The summed E-state index contributed by atoms with van der Waals surface area (Å²) in [7, 11) is 0. The van der Waals surface area contributed by atoms with Crippen LogP contribution in [-0.4, -0.2) is 38.7 Å². The number of hydrogen-bond donors (Lipinski definition) is 0. The first kappa shape index (κ1) is 73.7. The molecule has 0 unspecified atom stereocenters. The van der Waals surface area contributed by atoms with E-state index in [1.807, 2.05) is 18.2 Å². The smallest absolute Gasteiger partial charge is 0.169 e. The second kappa shape index (κ2) is 32.2. The van der Waals surface area contributed by atoms with Gasteiger partial charge in [0.1, 0.15) is 0 Å². The summed E-state index contributed by atoms with van der Waals surface area (Å²) in [5.74, 6) is 3.16. The minimum atomic E-state index is 0.785. The molecule has 0 fully saturated rings. The van der Waals surface area contributed by atoms with Gasteiger partial charge in [0.25, 0.3) is 0 Å². The normalized spacial score (nSPS) is 11.4. The molecule has 0 aliphatic rings. The Hall–Kier alpha value is -16.7. The topological polar surface area (TPSA) is 71.3 Å². The lowest BCUT2D eigenvalue weighted by Gasteiger charge is -2.16. The third-order valence-electron chi connectivity index (χ3n) is 24.0. The molecule has 0 bridgehead atoms. The van der Waals surface area contributed by atoms with Crippen LogP contribution in [0.15, 0.2) is 473 Å². The quantitative estimate of drug-likeness (QED) is 0.0966. The fraction of sp³-hybridized carbons (Fsp3) is 0. The van der Waals surface area contributed by atoms with Crippen molar-refractivity contribution in [2.24, 2.45) is 0 Å². The van der Waals surface area contributed by atoms with Crippen LogP contribution in [0.3, 0.4) is 0 Å². The summed E-state index contributed by atoms with van der Waals surface area (Å²) < 4.78 is 9.08. The monoisotopic (exact) mass is 1580 g/mol. The fourth-order valence-electron chi connectivity index (χ4n) is 18.2. The first-order valence-electron chi connectivity index (χ1n) is 42.1. The molecule has 124 heavy (non-hydrogen) atoms. The van der Waals surface area contributed by atoms with Crippen LogP contribution in [0.2, 0.25) is 0 Å². The van der Waals surface area contributed by atoms with Crippen LogP contribution in [0.4, 0.5) is 0 Å². The van der Waals surface area contributed by atoms with Crippen molar-refractivity contribution in [1.82, 2.24) is 38.7 Å². The van der Waals surface area contributed by atoms with E-state index in [9.17, 15) is 0 Å². The molecule has 0 saturated carbocycles. The zero-order valence-corrected chi connectivity index (χ0v) is 67.6. The van der Waals surface area contributed by atoms with Crippen LogP contribution in [0.5, 0.6) is 0 Å². The first-order chi connectivity index (χ1) is 61.6. The van der Waals surface area contributed by atoms with Gasteiger partial charge in [0, 0.05) is 66.5 Å². The lowest BCUT2D eigenvalue weighted by Crippen LogP contribution is -2.01. The molecular weight excluding hydrogens is 1510 g/mol. The van der Waals surface area contributed by atoms with Gasteiger partial charge in [-0.1, -0.05) is 388 Å². The van der Waals surface area contributed by atoms with Crippen LogP contribution >= 0.6 is 0 Å². The highest BCUT2D eigenvalue weighted by atomic mass is 15.3. The maximum atomic E-state index is 4.86. The van der Waals surface area contributed by atoms with Crippen molar-refractivity contribution in [3.63, 3.8) is 0 Å². The standard InChI is InChI=1S/C60H40N4.C56H38N4/c1-3-18-47(19-4-1)63-57-29-14-13-27-55(57)56-40-46(38-39-58(56)63)52-24-10-12-26-54(52)53-25-11-9-23-51(53)43-32-36-45(37-33-43)60-62-61-59(64(60)48-20-5-2-6-21-48)44-34-30-42(31-35-44)50-28-15-17-41-16-7-8-22-49(41)50;1-4-18-39(19-5-1)46-25-12-15-30-51(46)56-58-57-55(60(56)44-22-8-3-9-23-44)41-34-32-40(33-35-41)45-24-10-13-27-48(45)49-28-14-11-26-47(49)42-36-37-54-52(38-42)50-29-16-17-31-53(50)59(54)43-20-6-2-7-21-43/h1-40H;1-38H. The van der Waals surface area contributed by atoms with Crippen LogP contribution in [0, 0.1) is 0 Å². The van der Waals surface area contributed by atoms with Crippen molar-refractivity contribution in [2.75, 3.05) is 0 Å². The highest BCUT2D eigenvalue weighted by molar-refractivity contribution is 6.13. The van der Waals surface area contributed by atoms with Crippen molar-refractivity contribution >= 4 is 54.4 Å². The van der Waals surface area contributed by atoms with Crippen molar-refractivity contribution in [3.8, 4) is 157 Å². The molecular formula is C116H78N8. The number of hydrogen-bond acceptors (Lipinski definition) is 4. The summed E-state index contributed by atoms with van der Waals surface area (Å²) in [5, 5.41) is 26.8. The molecule has 23 aromatic rings. The number of rotatable bonds is 16. The summed E-state index contributed by atoms with van der Waals surface area (Å²) >= 11 is 0. The molecule has 0 aliphatic carbocycles. The van der Waals surface area contributed by atoms with Crippen LogP contribution in [0.1, 0.15) is 0 Å². The van der Waals surface area contributed by atoms with Crippen molar-refractivity contribution in [3.05, 3.63) is 473 Å². The lowest BCUT2D eigenvalue weighted by molar-refractivity contribution is 1.07. The maximum Gasteiger partial charge on any atom is 0.169 e. The van der Waals surface area contributed by atoms with Gasteiger partial charge in [0.2, 0.25) is 0 Å². The van der Waals surface area contributed by atoms with Gasteiger partial charge in [-0.15, -0.1) is 20.4 Å². The Balaban J connectivity index is 0.000000148. The Bertz CT molecular complexity index is 7860. The van der Waals surface area contributed by atoms with E-state index in [1.165, 1.54) is 121 Å². The molecule has 8 heteroatoms. The Labute approximate surface area is 718 Å². The van der Waals surface area contributed by atoms with Crippen LogP contribution < -0.4 is 0 Å². The van der Waals surface area contributed by atoms with Gasteiger partial charge >= 0.3 is 0 Å². The molecule has 4 aromatic heterocycles. The highest BCUT2D eigenvalue weighted by Crippen LogP contribution is 2.46. The Morgan fingerprint density at radius 1 is 0.129 bits per heavy atom. The molecule has 0 aliphatic heterocycles. The number of benzene rings is 19. The maximum absolute atomic E-state index is 4.86. The summed E-state index contributed by atoms with van der Waals surface area (Å²) in [6.45, 7) is 0. The number of fused-ring (bicyclic) bond motifs is 7. The van der Waals surface area contributed by atoms with E-state index in [1.54, 1.807) is 0 Å². The summed E-state index contributed by atoms with van der Waals surface area (Å²) in [6.07, 6.45) is 0. The predicted molar refractivity (Wildman–Crippen MR) is 514 cm³/mol. The third kappa shape index (κ3) is 13.5. The van der Waals surface area contributed by atoms with Gasteiger partial charge in [-0.2, -0.15) is 0 Å². The Morgan fingerprint density at radius 3 is 0.774 bits per heavy atom. The van der Waals surface area contributed by atoms with E-state index < -0.39 is 0 Å². The van der Waals surface area contributed by atoms with Crippen LogP contribution in [-0.2, 0) is 0 Å². The molecule has 0 radical (unpaired) electrons. The molecule has 0 N–H and O–H groups in total. The molecule has 4 heterocycles. The van der Waals surface area contributed by atoms with Gasteiger partial charge in [-0.3, -0.25) is 9.13 Å². The van der Waals surface area contributed by atoms with Crippen LogP contribution in [0.25, 0.3) is 212 Å².